The number of aromatic nitrogens is 1. The minimum absolute atomic E-state index is 0.490. The van der Waals surface area contributed by atoms with Gasteiger partial charge in [-0.05, 0) is 30.2 Å². The Labute approximate surface area is 128 Å². The fourth-order valence-electron chi connectivity index (χ4n) is 2.28. The summed E-state index contributed by atoms with van der Waals surface area (Å²) in [6.07, 6.45) is 0. The number of pyridine rings is 1. The predicted molar refractivity (Wildman–Crippen MR) is 89.5 cm³/mol. The first-order chi connectivity index (χ1) is 10.0. The number of aryl methyl sites for hydroxylation is 1. The van der Waals surface area contributed by atoms with Gasteiger partial charge in [-0.2, -0.15) is 0 Å². The first-order valence-electron chi connectivity index (χ1n) is 7.50. The molecule has 1 aromatic carbocycles. The van der Waals surface area contributed by atoms with Gasteiger partial charge in [0.15, 0.2) is 0 Å². The third-order valence-corrected chi connectivity index (χ3v) is 3.37. The summed E-state index contributed by atoms with van der Waals surface area (Å²) in [4.78, 5) is 6.85. The number of rotatable bonds is 6. The van der Waals surface area contributed by atoms with E-state index in [0.717, 1.165) is 24.6 Å². The largest absolute Gasteiger partial charge is 0.355 e. The van der Waals surface area contributed by atoms with Crippen molar-refractivity contribution in [2.75, 3.05) is 11.9 Å². The van der Waals surface area contributed by atoms with Gasteiger partial charge in [0.2, 0.25) is 0 Å². The number of nitrogens with zero attached hydrogens (tertiary/aromatic N) is 2. The van der Waals surface area contributed by atoms with Crippen molar-refractivity contribution in [1.29, 1.82) is 0 Å². The zero-order valence-electron chi connectivity index (χ0n) is 13.4. The molecule has 0 aliphatic carbocycles. The van der Waals surface area contributed by atoms with Crippen LogP contribution in [0, 0.1) is 6.92 Å². The van der Waals surface area contributed by atoms with Crippen molar-refractivity contribution in [3.63, 3.8) is 0 Å². The molecule has 2 aromatic rings. The lowest BCUT2D eigenvalue weighted by Gasteiger charge is -2.20. The summed E-state index contributed by atoms with van der Waals surface area (Å²) >= 11 is 0. The third kappa shape index (κ3) is 4.87. The molecule has 0 fully saturated rings. The summed E-state index contributed by atoms with van der Waals surface area (Å²) in [5.41, 5.74) is 3.64. The molecule has 0 bridgehead atoms. The van der Waals surface area contributed by atoms with Gasteiger partial charge in [-0.1, -0.05) is 44.2 Å². The molecule has 1 N–H and O–H groups in total. The van der Waals surface area contributed by atoms with Crippen LogP contribution in [0.2, 0.25) is 0 Å². The van der Waals surface area contributed by atoms with Crippen LogP contribution in [-0.4, -0.2) is 18.1 Å². The Balaban J connectivity index is 2.11. The Bertz CT molecular complexity index is 564. The van der Waals surface area contributed by atoms with Crippen LogP contribution in [0.4, 0.5) is 5.82 Å². The van der Waals surface area contributed by atoms with Crippen LogP contribution in [-0.2, 0) is 13.1 Å². The van der Waals surface area contributed by atoms with Crippen LogP contribution in [0.1, 0.15) is 30.7 Å². The molecule has 2 rings (SSSR count). The van der Waals surface area contributed by atoms with Crippen LogP contribution < -0.4 is 10.2 Å². The molecule has 1 aromatic heterocycles. The predicted octanol–water partition coefficient (Wildman–Crippen LogP) is 3.52. The molecule has 0 unspecified atom stereocenters. The summed E-state index contributed by atoms with van der Waals surface area (Å²) in [6.45, 7) is 8.13. The van der Waals surface area contributed by atoms with Gasteiger partial charge in [0.1, 0.15) is 5.82 Å². The zero-order valence-corrected chi connectivity index (χ0v) is 13.4. The van der Waals surface area contributed by atoms with Gasteiger partial charge in [-0.3, -0.25) is 0 Å². The van der Waals surface area contributed by atoms with E-state index in [1.54, 1.807) is 0 Å². The van der Waals surface area contributed by atoms with E-state index in [0.29, 0.717) is 6.04 Å². The molecule has 0 saturated heterocycles. The SMILES string of the molecule is Cc1cc(CNC(C)C)cc(N(C)Cc2ccccc2)n1. The third-order valence-electron chi connectivity index (χ3n) is 3.37. The monoisotopic (exact) mass is 283 g/mol. The molecule has 0 amide bonds. The lowest BCUT2D eigenvalue weighted by atomic mass is 10.2. The van der Waals surface area contributed by atoms with E-state index < -0.39 is 0 Å². The molecule has 112 valence electrons. The highest BCUT2D eigenvalue weighted by Crippen LogP contribution is 2.16. The van der Waals surface area contributed by atoms with Crippen molar-refractivity contribution < 1.29 is 0 Å². The molecule has 0 saturated carbocycles. The van der Waals surface area contributed by atoms with E-state index in [9.17, 15) is 0 Å². The zero-order chi connectivity index (χ0) is 15.2. The van der Waals surface area contributed by atoms with Crippen LogP contribution in [0.15, 0.2) is 42.5 Å². The highest BCUT2D eigenvalue weighted by molar-refractivity contribution is 5.42. The number of anilines is 1. The molecular formula is C18H25N3. The average Bonchev–Trinajstić information content (AvgIpc) is 2.45. The summed E-state index contributed by atoms with van der Waals surface area (Å²) in [7, 11) is 2.09. The number of nitrogens with one attached hydrogen (secondary N) is 1. The molecular weight excluding hydrogens is 258 g/mol. The average molecular weight is 283 g/mol. The second-order valence-corrected chi connectivity index (χ2v) is 5.85. The van der Waals surface area contributed by atoms with Gasteiger partial charge in [-0.25, -0.2) is 4.98 Å². The van der Waals surface area contributed by atoms with Crippen molar-refractivity contribution in [2.24, 2.45) is 0 Å². The Hall–Kier alpha value is -1.87. The molecule has 21 heavy (non-hydrogen) atoms. The fourth-order valence-corrected chi connectivity index (χ4v) is 2.28. The van der Waals surface area contributed by atoms with Crippen molar-refractivity contribution in [2.45, 2.75) is 39.9 Å². The number of hydrogen-bond acceptors (Lipinski definition) is 3. The summed E-state index contributed by atoms with van der Waals surface area (Å²) in [6, 6.07) is 15.3. The number of benzene rings is 1. The minimum atomic E-state index is 0.490. The fraction of sp³-hybridized carbons (Fsp3) is 0.389. The van der Waals surface area contributed by atoms with E-state index in [1.807, 2.05) is 6.07 Å². The molecule has 0 atom stereocenters. The summed E-state index contributed by atoms with van der Waals surface area (Å²) in [5, 5.41) is 3.46. The van der Waals surface area contributed by atoms with Crippen molar-refractivity contribution in [3.05, 3.63) is 59.3 Å². The van der Waals surface area contributed by atoms with Crippen LogP contribution in [0.3, 0.4) is 0 Å². The van der Waals surface area contributed by atoms with E-state index >= 15 is 0 Å². The van der Waals surface area contributed by atoms with Crippen molar-refractivity contribution in [1.82, 2.24) is 10.3 Å². The normalized spacial score (nSPS) is 10.9. The molecule has 0 aliphatic rings. The van der Waals surface area contributed by atoms with E-state index in [4.69, 9.17) is 0 Å². The van der Waals surface area contributed by atoms with Gasteiger partial charge >= 0.3 is 0 Å². The molecule has 3 nitrogen and oxygen atoms in total. The van der Waals surface area contributed by atoms with Crippen LogP contribution >= 0.6 is 0 Å². The standard InChI is InChI=1S/C18H25N3/c1-14(2)19-12-17-10-15(3)20-18(11-17)21(4)13-16-8-6-5-7-9-16/h5-11,14,19H,12-13H2,1-4H3. The maximum Gasteiger partial charge on any atom is 0.129 e. The first-order valence-corrected chi connectivity index (χ1v) is 7.50. The second-order valence-electron chi connectivity index (χ2n) is 5.85. The molecule has 0 spiro atoms. The van der Waals surface area contributed by atoms with Gasteiger partial charge in [0.05, 0.1) is 0 Å². The molecule has 0 aliphatic heterocycles. The van der Waals surface area contributed by atoms with Crippen molar-refractivity contribution >= 4 is 5.82 Å². The quantitative estimate of drug-likeness (QED) is 0.879. The lowest BCUT2D eigenvalue weighted by Crippen LogP contribution is -2.23. The van der Waals surface area contributed by atoms with Gasteiger partial charge in [-0.15, -0.1) is 0 Å². The van der Waals surface area contributed by atoms with E-state index in [-0.39, 0.29) is 0 Å². The maximum atomic E-state index is 4.66. The van der Waals surface area contributed by atoms with Crippen LogP contribution in [0.5, 0.6) is 0 Å². The highest BCUT2D eigenvalue weighted by Gasteiger charge is 2.06. The van der Waals surface area contributed by atoms with Crippen LogP contribution in [0.25, 0.3) is 0 Å². The van der Waals surface area contributed by atoms with Gasteiger partial charge in [0, 0.05) is 31.9 Å². The molecule has 0 radical (unpaired) electrons. The maximum absolute atomic E-state index is 4.66. The Morgan fingerprint density at radius 1 is 1.10 bits per heavy atom. The highest BCUT2D eigenvalue weighted by atomic mass is 15.2. The first kappa shape index (κ1) is 15.5. The summed E-state index contributed by atoms with van der Waals surface area (Å²) in [5.74, 6) is 1.03. The lowest BCUT2D eigenvalue weighted by molar-refractivity contribution is 0.588. The topological polar surface area (TPSA) is 28.2 Å². The smallest absolute Gasteiger partial charge is 0.129 e. The van der Waals surface area contributed by atoms with Gasteiger partial charge in [0.25, 0.3) is 0 Å². The van der Waals surface area contributed by atoms with E-state index in [2.05, 4.69) is 79.4 Å². The van der Waals surface area contributed by atoms with E-state index in [1.165, 1.54) is 11.1 Å². The summed E-state index contributed by atoms with van der Waals surface area (Å²) < 4.78 is 0. The Morgan fingerprint density at radius 2 is 1.81 bits per heavy atom. The Morgan fingerprint density at radius 3 is 2.48 bits per heavy atom. The van der Waals surface area contributed by atoms with Gasteiger partial charge < -0.3 is 10.2 Å². The molecule has 1 heterocycles. The molecule has 3 heteroatoms. The number of hydrogen-bond donors (Lipinski definition) is 1. The Kier molecular flexibility index (Phi) is 5.34. The second kappa shape index (κ2) is 7.23. The van der Waals surface area contributed by atoms with Crippen molar-refractivity contribution in [3.8, 4) is 0 Å². The minimum Gasteiger partial charge on any atom is -0.355 e.